The van der Waals surface area contributed by atoms with Crippen LogP contribution >= 0.6 is 0 Å². The summed E-state index contributed by atoms with van der Waals surface area (Å²) < 4.78 is 0. The number of rotatable bonds is 24. The highest BCUT2D eigenvalue weighted by molar-refractivity contribution is 4.55. The van der Waals surface area contributed by atoms with Gasteiger partial charge in [-0.25, -0.2) is 0 Å². The van der Waals surface area contributed by atoms with Gasteiger partial charge in [-0.3, -0.25) is 0 Å². The molecule has 0 bridgehead atoms. The van der Waals surface area contributed by atoms with E-state index in [2.05, 4.69) is 20.8 Å². The summed E-state index contributed by atoms with van der Waals surface area (Å²) >= 11 is 0. The summed E-state index contributed by atoms with van der Waals surface area (Å²) in [7, 11) is 0. The van der Waals surface area contributed by atoms with E-state index in [0.29, 0.717) is 0 Å². The van der Waals surface area contributed by atoms with E-state index in [1.807, 2.05) is 0 Å². The molecule has 0 rings (SSSR count). The van der Waals surface area contributed by atoms with Gasteiger partial charge in [0, 0.05) is 0 Å². The highest BCUT2D eigenvalue weighted by Gasteiger charge is 2.01. The molecule has 0 heterocycles. The van der Waals surface area contributed by atoms with Gasteiger partial charge in [-0.15, -0.1) is 0 Å². The van der Waals surface area contributed by atoms with Crippen LogP contribution in [-0.2, 0) is 0 Å². The molecule has 170 valence electrons. The molecule has 0 aromatic heterocycles. The maximum atomic E-state index is 2.45. The standard InChI is InChI=1S/C28H58/c1-4-6-8-9-10-11-12-13-14-15-16-17-18-19-20-21-22-23-24-25-27-28(3)26-7-5-2/h28H,4-27H2,1-3H3. The first-order valence-corrected chi connectivity index (χ1v) is 13.8. The van der Waals surface area contributed by atoms with Crippen molar-refractivity contribution in [3.05, 3.63) is 0 Å². The molecule has 0 N–H and O–H groups in total. The normalized spacial score (nSPS) is 12.5. The molecule has 0 fully saturated rings. The Balaban J connectivity index is 3.03. The Hall–Kier alpha value is 0. The molecule has 0 amide bonds. The van der Waals surface area contributed by atoms with E-state index >= 15 is 0 Å². The SMILES string of the molecule is CCCCCCCCCCCCCCCCCCCCCCC(C)CCCC. The highest BCUT2D eigenvalue weighted by Crippen LogP contribution is 2.18. The molecule has 28 heavy (non-hydrogen) atoms. The van der Waals surface area contributed by atoms with Crippen molar-refractivity contribution in [3.63, 3.8) is 0 Å². The quantitative estimate of drug-likeness (QED) is 0.143. The van der Waals surface area contributed by atoms with Crippen LogP contribution in [0.2, 0.25) is 0 Å². The maximum absolute atomic E-state index is 2.45. The largest absolute Gasteiger partial charge is 0.0654 e. The lowest BCUT2D eigenvalue weighted by Crippen LogP contribution is -1.94. The minimum Gasteiger partial charge on any atom is -0.0654 e. The fraction of sp³-hybridized carbons (Fsp3) is 1.00. The van der Waals surface area contributed by atoms with Crippen LogP contribution in [0.3, 0.4) is 0 Å². The zero-order chi connectivity index (χ0) is 20.5. The first kappa shape index (κ1) is 28.0. The van der Waals surface area contributed by atoms with Gasteiger partial charge in [-0.1, -0.05) is 175 Å². The Morgan fingerprint density at radius 2 is 0.571 bits per heavy atom. The van der Waals surface area contributed by atoms with Crippen LogP contribution in [0.15, 0.2) is 0 Å². The second-order valence-electron chi connectivity index (χ2n) is 9.75. The van der Waals surface area contributed by atoms with Gasteiger partial charge in [-0.2, -0.15) is 0 Å². The lowest BCUT2D eigenvalue weighted by Gasteiger charge is -2.10. The number of hydrogen-bond donors (Lipinski definition) is 0. The lowest BCUT2D eigenvalue weighted by atomic mass is 9.97. The summed E-state index contributed by atoms with van der Waals surface area (Å²) in [5.41, 5.74) is 0. The zero-order valence-electron chi connectivity index (χ0n) is 20.5. The van der Waals surface area contributed by atoms with Gasteiger partial charge in [0.15, 0.2) is 0 Å². The third-order valence-electron chi connectivity index (χ3n) is 6.60. The monoisotopic (exact) mass is 394 g/mol. The predicted molar refractivity (Wildman–Crippen MR) is 131 cm³/mol. The zero-order valence-corrected chi connectivity index (χ0v) is 20.5. The molecule has 0 aromatic rings. The third-order valence-corrected chi connectivity index (χ3v) is 6.60. The molecule has 0 aliphatic heterocycles. The highest BCUT2D eigenvalue weighted by atomic mass is 14.1. The van der Waals surface area contributed by atoms with Crippen molar-refractivity contribution in [2.45, 2.75) is 175 Å². The molecule has 1 unspecified atom stereocenters. The van der Waals surface area contributed by atoms with E-state index in [-0.39, 0.29) is 0 Å². The summed E-state index contributed by atoms with van der Waals surface area (Å²) in [6.07, 6.45) is 35.3. The van der Waals surface area contributed by atoms with Gasteiger partial charge in [0.05, 0.1) is 0 Å². The van der Waals surface area contributed by atoms with E-state index < -0.39 is 0 Å². The van der Waals surface area contributed by atoms with E-state index in [1.54, 1.807) is 0 Å². The first-order chi connectivity index (χ1) is 13.8. The molecule has 0 aliphatic carbocycles. The summed E-state index contributed by atoms with van der Waals surface area (Å²) in [6.45, 7) is 7.06. The molecule has 0 saturated carbocycles. The van der Waals surface area contributed by atoms with Crippen LogP contribution in [0.25, 0.3) is 0 Å². The van der Waals surface area contributed by atoms with Crippen LogP contribution in [0.5, 0.6) is 0 Å². The molecule has 0 aliphatic rings. The summed E-state index contributed by atoms with van der Waals surface area (Å²) in [6, 6.07) is 0. The molecule has 0 aromatic carbocycles. The van der Waals surface area contributed by atoms with Crippen LogP contribution < -0.4 is 0 Å². The molecule has 0 spiro atoms. The van der Waals surface area contributed by atoms with Crippen molar-refractivity contribution in [1.29, 1.82) is 0 Å². The summed E-state index contributed by atoms with van der Waals surface area (Å²) in [5, 5.41) is 0. The molecule has 0 heteroatoms. The first-order valence-electron chi connectivity index (χ1n) is 13.8. The molecule has 1 atom stereocenters. The third kappa shape index (κ3) is 24.0. The van der Waals surface area contributed by atoms with Gasteiger partial charge < -0.3 is 0 Å². The van der Waals surface area contributed by atoms with E-state index in [9.17, 15) is 0 Å². The molecule has 0 nitrogen and oxygen atoms in total. The van der Waals surface area contributed by atoms with Crippen molar-refractivity contribution in [3.8, 4) is 0 Å². The van der Waals surface area contributed by atoms with Crippen molar-refractivity contribution in [2.75, 3.05) is 0 Å². The Labute approximate surface area is 181 Å². The van der Waals surface area contributed by atoms with E-state index in [1.165, 1.54) is 154 Å². The Kier molecular flexibility index (Phi) is 25.0. The molecule has 0 radical (unpaired) electrons. The van der Waals surface area contributed by atoms with Gasteiger partial charge in [0.25, 0.3) is 0 Å². The van der Waals surface area contributed by atoms with Gasteiger partial charge in [0.2, 0.25) is 0 Å². The van der Waals surface area contributed by atoms with Gasteiger partial charge in [0.1, 0.15) is 0 Å². The summed E-state index contributed by atoms with van der Waals surface area (Å²) in [5.74, 6) is 0.968. The average molecular weight is 395 g/mol. The number of unbranched alkanes of at least 4 members (excludes halogenated alkanes) is 20. The lowest BCUT2D eigenvalue weighted by molar-refractivity contribution is 0.440. The molecular weight excluding hydrogens is 336 g/mol. The van der Waals surface area contributed by atoms with Crippen molar-refractivity contribution >= 4 is 0 Å². The summed E-state index contributed by atoms with van der Waals surface area (Å²) in [4.78, 5) is 0. The predicted octanol–water partition coefficient (Wildman–Crippen LogP) is 11.0. The fourth-order valence-corrected chi connectivity index (χ4v) is 4.44. The smallest absolute Gasteiger partial charge is 0.0443 e. The van der Waals surface area contributed by atoms with Crippen LogP contribution in [0.4, 0.5) is 0 Å². The van der Waals surface area contributed by atoms with Crippen molar-refractivity contribution in [1.82, 2.24) is 0 Å². The second-order valence-corrected chi connectivity index (χ2v) is 9.75. The molecular formula is C28H58. The van der Waals surface area contributed by atoms with Crippen LogP contribution in [0.1, 0.15) is 175 Å². The van der Waals surface area contributed by atoms with E-state index in [4.69, 9.17) is 0 Å². The molecule has 0 saturated heterocycles. The average Bonchev–Trinajstić information content (AvgIpc) is 2.70. The number of hydrogen-bond acceptors (Lipinski definition) is 0. The van der Waals surface area contributed by atoms with E-state index in [0.717, 1.165) is 5.92 Å². The Morgan fingerprint density at radius 1 is 0.321 bits per heavy atom. The van der Waals surface area contributed by atoms with Crippen LogP contribution in [0, 0.1) is 5.92 Å². The maximum Gasteiger partial charge on any atom is -0.0443 e. The van der Waals surface area contributed by atoms with Crippen LogP contribution in [-0.4, -0.2) is 0 Å². The minimum absolute atomic E-state index is 0.968. The topological polar surface area (TPSA) is 0 Å². The van der Waals surface area contributed by atoms with Crippen molar-refractivity contribution < 1.29 is 0 Å². The minimum atomic E-state index is 0.968. The van der Waals surface area contributed by atoms with Crippen molar-refractivity contribution in [2.24, 2.45) is 5.92 Å². The second kappa shape index (κ2) is 25.0. The fourth-order valence-electron chi connectivity index (χ4n) is 4.44. The van der Waals surface area contributed by atoms with Gasteiger partial charge in [-0.05, 0) is 5.92 Å². The van der Waals surface area contributed by atoms with Gasteiger partial charge >= 0.3 is 0 Å². The Bertz CT molecular complexity index is 257. The Morgan fingerprint density at radius 3 is 0.893 bits per heavy atom.